The predicted octanol–water partition coefficient (Wildman–Crippen LogP) is 6.46. The fourth-order valence-electron chi connectivity index (χ4n) is 1.83. The first-order valence-electron chi connectivity index (χ1n) is 8.92. The Morgan fingerprint density at radius 2 is 1.30 bits per heavy atom. The molecule has 0 aliphatic carbocycles. The van der Waals surface area contributed by atoms with Crippen LogP contribution in [0.5, 0.6) is 0 Å². The monoisotopic (exact) mass is 314 g/mol. The maximum absolute atomic E-state index is 9.67. The van der Waals surface area contributed by atoms with E-state index in [0.29, 0.717) is 6.42 Å². The minimum atomic E-state index is -0.380. The van der Waals surface area contributed by atoms with Crippen molar-refractivity contribution in [2.45, 2.75) is 64.9 Å². The Morgan fingerprint density at radius 1 is 0.696 bits per heavy atom. The minimum absolute atomic E-state index is 0.380. The predicted molar refractivity (Wildman–Crippen MR) is 105 cm³/mol. The van der Waals surface area contributed by atoms with E-state index in [2.05, 4.69) is 62.5 Å². The van der Waals surface area contributed by atoms with Crippen LogP contribution in [-0.4, -0.2) is 11.2 Å². The SMILES string of the molecule is CC/C=C\CC(O)/C=C/C=C\C/C=C\C/C=C\C/C=C\CCC. The van der Waals surface area contributed by atoms with Crippen LogP contribution >= 0.6 is 0 Å². The van der Waals surface area contributed by atoms with Crippen LogP contribution in [0, 0.1) is 0 Å². The molecule has 1 atom stereocenters. The first-order valence-corrected chi connectivity index (χ1v) is 8.92. The molecule has 1 unspecified atom stereocenters. The van der Waals surface area contributed by atoms with Crippen molar-refractivity contribution >= 4 is 0 Å². The summed E-state index contributed by atoms with van der Waals surface area (Å²) in [7, 11) is 0. The lowest BCUT2D eigenvalue weighted by Gasteiger charge is -1.98. The summed E-state index contributed by atoms with van der Waals surface area (Å²) in [5.41, 5.74) is 0. The molecule has 0 bridgehead atoms. The highest BCUT2D eigenvalue weighted by Gasteiger charge is 1.92. The van der Waals surface area contributed by atoms with Gasteiger partial charge in [-0.2, -0.15) is 0 Å². The summed E-state index contributed by atoms with van der Waals surface area (Å²) in [6, 6.07) is 0. The molecule has 0 aromatic carbocycles. The van der Waals surface area contributed by atoms with E-state index in [1.165, 1.54) is 12.8 Å². The van der Waals surface area contributed by atoms with E-state index in [9.17, 15) is 5.11 Å². The third-order valence-electron chi connectivity index (χ3n) is 3.13. The van der Waals surface area contributed by atoms with Gasteiger partial charge in [0.2, 0.25) is 0 Å². The quantitative estimate of drug-likeness (QED) is 0.306. The Bertz CT molecular complexity index is 408. The zero-order chi connectivity index (χ0) is 17.0. The highest BCUT2D eigenvalue weighted by atomic mass is 16.3. The Kier molecular flexibility index (Phi) is 17.2. The fraction of sp³-hybridized carbons (Fsp3) is 0.455. The molecule has 23 heavy (non-hydrogen) atoms. The van der Waals surface area contributed by atoms with E-state index < -0.39 is 0 Å². The molecule has 128 valence electrons. The minimum Gasteiger partial charge on any atom is -0.389 e. The molecule has 1 N–H and O–H groups in total. The molecule has 0 aliphatic rings. The summed E-state index contributed by atoms with van der Waals surface area (Å²) in [5.74, 6) is 0. The Labute approximate surface area is 143 Å². The topological polar surface area (TPSA) is 20.2 Å². The lowest BCUT2D eigenvalue weighted by molar-refractivity contribution is 0.227. The van der Waals surface area contributed by atoms with Crippen LogP contribution in [0.1, 0.15) is 58.8 Å². The zero-order valence-electron chi connectivity index (χ0n) is 14.9. The standard InChI is InChI=1S/C22H34O/c1-3-5-7-8-9-10-11-12-13-14-15-16-17-19-21-22(23)20-18-6-4-2/h6-8,10-11,13-14,16-19,21-23H,3-5,9,12,15,20H2,1-2H3/b8-7-,11-10-,14-13-,17-16-,18-6-,21-19+. The number of unbranched alkanes of at least 4 members (excludes halogenated alkanes) is 1. The van der Waals surface area contributed by atoms with E-state index in [1.807, 2.05) is 24.3 Å². The summed E-state index contributed by atoms with van der Waals surface area (Å²) in [6.45, 7) is 4.29. The maximum Gasteiger partial charge on any atom is 0.0758 e. The van der Waals surface area contributed by atoms with E-state index in [4.69, 9.17) is 0 Å². The lowest BCUT2D eigenvalue weighted by Crippen LogP contribution is -1.98. The highest BCUT2D eigenvalue weighted by molar-refractivity contribution is 5.08. The molecule has 0 saturated heterocycles. The van der Waals surface area contributed by atoms with E-state index >= 15 is 0 Å². The van der Waals surface area contributed by atoms with Gasteiger partial charge in [0, 0.05) is 0 Å². The van der Waals surface area contributed by atoms with Crippen LogP contribution in [0.4, 0.5) is 0 Å². The highest BCUT2D eigenvalue weighted by Crippen LogP contribution is 1.98. The van der Waals surface area contributed by atoms with Gasteiger partial charge in [0.25, 0.3) is 0 Å². The van der Waals surface area contributed by atoms with Gasteiger partial charge < -0.3 is 5.11 Å². The maximum atomic E-state index is 9.67. The van der Waals surface area contributed by atoms with Crippen LogP contribution in [0.25, 0.3) is 0 Å². The Balaban J connectivity index is 3.65. The molecule has 0 aliphatic heterocycles. The van der Waals surface area contributed by atoms with Crippen molar-refractivity contribution in [2.75, 3.05) is 0 Å². The molecule has 0 amide bonds. The van der Waals surface area contributed by atoms with Crippen LogP contribution in [0.15, 0.2) is 72.9 Å². The largest absolute Gasteiger partial charge is 0.389 e. The van der Waals surface area contributed by atoms with Crippen LogP contribution in [0.3, 0.4) is 0 Å². The second-order valence-corrected chi connectivity index (χ2v) is 5.41. The Morgan fingerprint density at radius 3 is 1.91 bits per heavy atom. The van der Waals surface area contributed by atoms with Crippen LogP contribution in [0.2, 0.25) is 0 Å². The third kappa shape index (κ3) is 18.4. The lowest BCUT2D eigenvalue weighted by atomic mass is 10.2. The van der Waals surface area contributed by atoms with Crippen LogP contribution in [-0.2, 0) is 0 Å². The van der Waals surface area contributed by atoms with Crippen molar-refractivity contribution in [3.63, 3.8) is 0 Å². The molecule has 1 nitrogen and oxygen atoms in total. The van der Waals surface area contributed by atoms with Gasteiger partial charge in [0.1, 0.15) is 0 Å². The van der Waals surface area contributed by atoms with Gasteiger partial charge in [-0.05, 0) is 38.5 Å². The van der Waals surface area contributed by atoms with Gasteiger partial charge in [-0.15, -0.1) is 0 Å². The molecule has 0 fully saturated rings. The van der Waals surface area contributed by atoms with E-state index in [1.54, 1.807) is 0 Å². The summed E-state index contributed by atoms with van der Waals surface area (Å²) in [6.07, 6.45) is 31.9. The van der Waals surface area contributed by atoms with Gasteiger partial charge in [-0.1, -0.05) is 93.2 Å². The summed E-state index contributed by atoms with van der Waals surface area (Å²) >= 11 is 0. The summed E-state index contributed by atoms with van der Waals surface area (Å²) in [4.78, 5) is 0. The second-order valence-electron chi connectivity index (χ2n) is 5.41. The number of aliphatic hydroxyl groups excluding tert-OH is 1. The Hall–Kier alpha value is -1.60. The average molecular weight is 315 g/mol. The normalized spacial score (nSPS) is 14.7. The molecule has 1 heteroatoms. The number of aliphatic hydroxyl groups is 1. The van der Waals surface area contributed by atoms with E-state index in [-0.39, 0.29) is 6.10 Å². The number of hydrogen-bond acceptors (Lipinski definition) is 1. The smallest absolute Gasteiger partial charge is 0.0758 e. The molecular weight excluding hydrogens is 280 g/mol. The van der Waals surface area contributed by atoms with E-state index in [0.717, 1.165) is 25.7 Å². The molecular formula is C22H34O. The van der Waals surface area contributed by atoms with Crippen molar-refractivity contribution in [1.82, 2.24) is 0 Å². The summed E-state index contributed by atoms with van der Waals surface area (Å²) < 4.78 is 0. The summed E-state index contributed by atoms with van der Waals surface area (Å²) in [5, 5.41) is 9.67. The molecule has 0 heterocycles. The van der Waals surface area contributed by atoms with Gasteiger partial charge >= 0.3 is 0 Å². The molecule has 0 rings (SSSR count). The first kappa shape index (κ1) is 21.4. The zero-order valence-corrected chi connectivity index (χ0v) is 14.9. The van der Waals surface area contributed by atoms with Gasteiger partial charge in [-0.3, -0.25) is 0 Å². The first-order chi connectivity index (χ1) is 11.3. The third-order valence-corrected chi connectivity index (χ3v) is 3.13. The van der Waals surface area contributed by atoms with Gasteiger partial charge in [0.15, 0.2) is 0 Å². The fourth-order valence-corrected chi connectivity index (χ4v) is 1.83. The van der Waals surface area contributed by atoms with Gasteiger partial charge in [-0.25, -0.2) is 0 Å². The van der Waals surface area contributed by atoms with Crippen molar-refractivity contribution in [3.05, 3.63) is 72.9 Å². The van der Waals surface area contributed by atoms with Crippen molar-refractivity contribution in [2.24, 2.45) is 0 Å². The molecule has 0 saturated carbocycles. The molecule has 0 aromatic rings. The van der Waals surface area contributed by atoms with Gasteiger partial charge in [0.05, 0.1) is 6.10 Å². The number of hydrogen-bond donors (Lipinski definition) is 1. The number of allylic oxidation sites excluding steroid dienone is 10. The van der Waals surface area contributed by atoms with Crippen LogP contribution < -0.4 is 0 Å². The second kappa shape index (κ2) is 18.4. The average Bonchev–Trinajstić information content (AvgIpc) is 2.55. The van der Waals surface area contributed by atoms with Crippen molar-refractivity contribution in [1.29, 1.82) is 0 Å². The van der Waals surface area contributed by atoms with Crippen molar-refractivity contribution in [3.8, 4) is 0 Å². The molecule has 0 radical (unpaired) electrons. The molecule has 0 spiro atoms. The van der Waals surface area contributed by atoms with Crippen molar-refractivity contribution < 1.29 is 5.11 Å². The number of rotatable bonds is 13. The molecule has 0 aromatic heterocycles.